The highest BCUT2D eigenvalue weighted by atomic mass is 16.5. The van der Waals surface area contributed by atoms with E-state index in [1.807, 2.05) is 65.8 Å². The largest absolute Gasteiger partial charge is 0.488 e. The first-order valence-corrected chi connectivity index (χ1v) is 7.59. The molecule has 0 aromatic heterocycles. The molecule has 2 nitrogen and oxygen atoms in total. The van der Waals surface area contributed by atoms with E-state index in [2.05, 4.69) is 12.1 Å². The van der Waals surface area contributed by atoms with E-state index in [0.717, 1.165) is 22.4 Å². The molecule has 2 heteroatoms. The zero-order chi connectivity index (χ0) is 16.5. The van der Waals surface area contributed by atoms with Crippen molar-refractivity contribution < 1.29 is 9.53 Å². The van der Waals surface area contributed by atoms with Gasteiger partial charge in [0, 0.05) is 11.1 Å². The zero-order valence-corrected chi connectivity index (χ0v) is 14.3. The van der Waals surface area contributed by atoms with Crippen LogP contribution >= 0.6 is 0 Å². The van der Waals surface area contributed by atoms with Crippen LogP contribution in [0.2, 0.25) is 0 Å². The highest BCUT2D eigenvalue weighted by molar-refractivity contribution is 6.10. The Balaban J connectivity index is 2.31. The molecule has 0 saturated heterocycles. The number of ketones is 1. The molecule has 0 aliphatic heterocycles. The lowest BCUT2D eigenvalue weighted by atomic mass is 9.93. The van der Waals surface area contributed by atoms with Gasteiger partial charge in [0.1, 0.15) is 11.4 Å². The van der Waals surface area contributed by atoms with E-state index >= 15 is 0 Å². The molecular weight excluding hydrogens is 272 g/mol. The van der Waals surface area contributed by atoms with Gasteiger partial charge in [-0.15, -0.1) is 0 Å². The SMILES string of the molecule is Cc1cc(C)c(C(=O)c2ccc(OC(C)(C)C)cc2)c(C)c1. The molecule has 2 rings (SSSR count). The van der Waals surface area contributed by atoms with Crippen LogP contribution < -0.4 is 4.74 Å². The maximum absolute atomic E-state index is 12.8. The summed E-state index contributed by atoms with van der Waals surface area (Å²) in [6, 6.07) is 11.5. The first-order chi connectivity index (χ1) is 10.2. The van der Waals surface area contributed by atoms with Gasteiger partial charge in [0.2, 0.25) is 0 Å². The van der Waals surface area contributed by atoms with E-state index < -0.39 is 0 Å². The van der Waals surface area contributed by atoms with Gasteiger partial charge in [-0.3, -0.25) is 4.79 Å². The summed E-state index contributed by atoms with van der Waals surface area (Å²) in [7, 11) is 0. The lowest BCUT2D eigenvalue weighted by Gasteiger charge is -2.21. The second-order valence-electron chi connectivity index (χ2n) is 6.84. The summed E-state index contributed by atoms with van der Waals surface area (Å²) in [5.74, 6) is 0.846. The molecule has 22 heavy (non-hydrogen) atoms. The Morgan fingerprint density at radius 3 is 1.86 bits per heavy atom. The quantitative estimate of drug-likeness (QED) is 0.743. The molecule has 2 aromatic rings. The topological polar surface area (TPSA) is 26.3 Å². The second-order valence-corrected chi connectivity index (χ2v) is 6.84. The first kappa shape index (κ1) is 16.3. The van der Waals surface area contributed by atoms with Crippen LogP contribution in [0.1, 0.15) is 53.4 Å². The molecule has 0 aliphatic rings. The van der Waals surface area contributed by atoms with E-state index in [9.17, 15) is 4.79 Å². The number of carbonyl (C=O) groups is 1. The predicted octanol–water partition coefficient (Wildman–Crippen LogP) is 5.02. The van der Waals surface area contributed by atoms with Gasteiger partial charge in [-0.2, -0.15) is 0 Å². The Morgan fingerprint density at radius 2 is 1.41 bits per heavy atom. The Bertz CT molecular complexity index is 666. The number of ether oxygens (including phenoxy) is 1. The molecule has 0 aliphatic carbocycles. The van der Waals surface area contributed by atoms with Crippen molar-refractivity contribution in [2.24, 2.45) is 0 Å². The molecule has 116 valence electrons. The second kappa shape index (κ2) is 5.96. The van der Waals surface area contributed by atoms with Crippen molar-refractivity contribution in [3.63, 3.8) is 0 Å². The fourth-order valence-corrected chi connectivity index (χ4v) is 2.71. The molecule has 2 aromatic carbocycles. The van der Waals surface area contributed by atoms with Crippen LogP contribution in [0.4, 0.5) is 0 Å². The monoisotopic (exact) mass is 296 g/mol. The number of carbonyl (C=O) groups excluding carboxylic acids is 1. The third kappa shape index (κ3) is 3.76. The zero-order valence-electron chi connectivity index (χ0n) is 14.3. The number of benzene rings is 2. The molecular formula is C20H24O2. The average Bonchev–Trinajstić information content (AvgIpc) is 2.36. The molecule has 0 spiro atoms. The van der Waals surface area contributed by atoms with Gasteiger partial charge < -0.3 is 4.74 Å². The van der Waals surface area contributed by atoms with Gasteiger partial charge >= 0.3 is 0 Å². The van der Waals surface area contributed by atoms with Crippen molar-refractivity contribution in [3.8, 4) is 5.75 Å². The summed E-state index contributed by atoms with van der Waals surface area (Å²) >= 11 is 0. The van der Waals surface area contributed by atoms with Crippen LogP contribution in [0.3, 0.4) is 0 Å². The highest BCUT2D eigenvalue weighted by Crippen LogP contribution is 2.23. The maximum Gasteiger partial charge on any atom is 0.193 e. The van der Waals surface area contributed by atoms with Crippen molar-refractivity contribution in [1.29, 1.82) is 0 Å². The van der Waals surface area contributed by atoms with Gasteiger partial charge in [0.25, 0.3) is 0 Å². The molecule has 0 bridgehead atoms. The lowest BCUT2D eigenvalue weighted by molar-refractivity contribution is 0.103. The van der Waals surface area contributed by atoms with Crippen LogP contribution in [-0.2, 0) is 0 Å². The summed E-state index contributed by atoms with van der Waals surface area (Å²) in [5, 5.41) is 0. The van der Waals surface area contributed by atoms with Crippen LogP contribution in [0, 0.1) is 20.8 Å². The standard InChI is InChI=1S/C20H24O2/c1-13-11-14(2)18(15(3)12-13)19(21)16-7-9-17(10-8-16)22-20(4,5)6/h7-12H,1-6H3. The van der Waals surface area contributed by atoms with Gasteiger partial charge in [-0.05, 0) is 76.9 Å². The lowest BCUT2D eigenvalue weighted by Crippen LogP contribution is -2.22. The van der Waals surface area contributed by atoms with E-state index in [1.165, 1.54) is 5.56 Å². The molecule has 0 unspecified atom stereocenters. The number of hydrogen-bond donors (Lipinski definition) is 0. The predicted molar refractivity (Wildman–Crippen MR) is 90.9 cm³/mol. The third-order valence-electron chi connectivity index (χ3n) is 3.44. The Morgan fingerprint density at radius 1 is 0.909 bits per heavy atom. The fourth-order valence-electron chi connectivity index (χ4n) is 2.71. The van der Waals surface area contributed by atoms with Crippen LogP contribution in [0.25, 0.3) is 0 Å². The van der Waals surface area contributed by atoms with E-state index in [1.54, 1.807) is 0 Å². The maximum atomic E-state index is 12.8. The van der Waals surface area contributed by atoms with Gasteiger partial charge in [0.15, 0.2) is 5.78 Å². The summed E-state index contributed by atoms with van der Waals surface area (Å²) < 4.78 is 5.79. The molecule has 0 saturated carbocycles. The van der Waals surface area contributed by atoms with Crippen molar-refractivity contribution in [3.05, 3.63) is 64.2 Å². The van der Waals surface area contributed by atoms with Crippen molar-refractivity contribution in [2.45, 2.75) is 47.1 Å². The smallest absolute Gasteiger partial charge is 0.193 e. The summed E-state index contributed by atoms with van der Waals surface area (Å²) in [6.07, 6.45) is 0. The Kier molecular flexibility index (Phi) is 4.41. The van der Waals surface area contributed by atoms with E-state index in [0.29, 0.717) is 5.56 Å². The minimum Gasteiger partial charge on any atom is -0.488 e. The summed E-state index contributed by atoms with van der Waals surface area (Å²) in [5.41, 5.74) is 4.48. The Hall–Kier alpha value is -2.09. The fraction of sp³-hybridized carbons (Fsp3) is 0.350. The number of rotatable bonds is 3. The molecule has 0 fully saturated rings. The minimum absolute atomic E-state index is 0.0670. The third-order valence-corrected chi connectivity index (χ3v) is 3.44. The minimum atomic E-state index is -0.240. The van der Waals surface area contributed by atoms with Crippen LogP contribution in [-0.4, -0.2) is 11.4 Å². The first-order valence-electron chi connectivity index (χ1n) is 7.59. The van der Waals surface area contributed by atoms with Crippen molar-refractivity contribution >= 4 is 5.78 Å². The van der Waals surface area contributed by atoms with E-state index in [4.69, 9.17) is 4.74 Å². The Labute approximate surface area is 133 Å². The van der Waals surface area contributed by atoms with Gasteiger partial charge in [0.05, 0.1) is 0 Å². The molecule has 0 N–H and O–H groups in total. The molecule has 0 radical (unpaired) electrons. The molecule has 0 heterocycles. The molecule has 0 atom stereocenters. The van der Waals surface area contributed by atoms with Crippen LogP contribution in [0.5, 0.6) is 5.75 Å². The number of aryl methyl sites for hydroxylation is 3. The van der Waals surface area contributed by atoms with Crippen molar-refractivity contribution in [1.82, 2.24) is 0 Å². The van der Waals surface area contributed by atoms with Crippen LogP contribution in [0.15, 0.2) is 36.4 Å². The van der Waals surface area contributed by atoms with Gasteiger partial charge in [-0.25, -0.2) is 0 Å². The molecule has 0 amide bonds. The van der Waals surface area contributed by atoms with E-state index in [-0.39, 0.29) is 11.4 Å². The average molecular weight is 296 g/mol. The number of hydrogen-bond acceptors (Lipinski definition) is 2. The normalized spacial score (nSPS) is 11.4. The summed E-state index contributed by atoms with van der Waals surface area (Å²) in [6.45, 7) is 12.0. The van der Waals surface area contributed by atoms with Gasteiger partial charge in [-0.1, -0.05) is 17.7 Å². The highest BCUT2D eigenvalue weighted by Gasteiger charge is 2.16. The van der Waals surface area contributed by atoms with Crippen molar-refractivity contribution in [2.75, 3.05) is 0 Å². The summed E-state index contributed by atoms with van der Waals surface area (Å²) in [4.78, 5) is 12.8.